The van der Waals surface area contributed by atoms with Crippen LogP contribution in [-0.4, -0.2) is 26.8 Å². The smallest absolute Gasteiger partial charge is 0.254 e. The first-order chi connectivity index (χ1) is 14.9. The van der Waals surface area contributed by atoms with Crippen LogP contribution in [0, 0.1) is 20.8 Å². The Morgan fingerprint density at radius 2 is 1.97 bits per heavy atom. The molecule has 0 aliphatic heterocycles. The molecule has 0 radical (unpaired) electrons. The summed E-state index contributed by atoms with van der Waals surface area (Å²) in [6.07, 6.45) is 3.64. The monoisotopic (exact) mass is 418 g/mol. The summed E-state index contributed by atoms with van der Waals surface area (Å²) < 4.78 is 12.8. The normalized spacial score (nSPS) is 11.3. The molecule has 0 spiro atoms. The van der Waals surface area contributed by atoms with E-state index >= 15 is 0 Å². The van der Waals surface area contributed by atoms with Crippen LogP contribution in [0.1, 0.15) is 41.9 Å². The summed E-state index contributed by atoms with van der Waals surface area (Å²) >= 11 is 0. The van der Waals surface area contributed by atoms with Gasteiger partial charge in [-0.1, -0.05) is 18.5 Å². The van der Waals surface area contributed by atoms with Crippen molar-refractivity contribution >= 4 is 10.9 Å². The molecule has 0 atom stereocenters. The van der Waals surface area contributed by atoms with E-state index in [2.05, 4.69) is 22.0 Å². The predicted octanol–water partition coefficient (Wildman–Crippen LogP) is 4.38. The number of aryl methyl sites for hydroxylation is 4. The maximum atomic E-state index is 13.1. The lowest BCUT2D eigenvalue weighted by Gasteiger charge is -2.15. The fourth-order valence-electron chi connectivity index (χ4n) is 4.00. The number of hydrogen-bond acceptors (Lipinski definition) is 6. The fourth-order valence-corrected chi connectivity index (χ4v) is 4.00. The van der Waals surface area contributed by atoms with Crippen molar-refractivity contribution in [2.45, 2.75) is 47.1 Å². The van der Waals surface area contributed by atoms with Gasteiger partial charge in [-0.2, -0.15) is 0 Å². The Hall–Kier alpha value is -3.48. The van der Waals surface area contributed by atoms with Gasteiger partial charge in [0, 0.05) is 29.1 Å². The highest BCUT2D eigenvalue weighted by Gasteiger charge is 2.19. The van der Waals surface area contributed by atoms with Gasteiger partial charge < -0.3 is 13.8 Å². The lowest BCUT2D eigenvalue weighted by Crippen LogP contribution is -2.24. The molecule has 31 heavy (non-hydrogen) atoms. The predicted molar refractivity (Wildman–Crippen MR) is 120 cm³/mol. The molecular formula is C24H26N4O3. The Bertz CT molecular complexity index is 1300. The van der Waals surface area contributed by atoms with Crippen LogP contribution in [0.2, 0.25) is 0 Å². The number of hydrogen-bond donors (Lipinski definition) is 0. The number of benzene rings is 1. The van der Waals surface area contributed by atoms with E-state index < -0.39 is 0 Å². The molecule has 7 heteroatoms. The van der Waals surface area contributed by atoms with Crippen molar-refractivity contribution in [1.82, 2.24) is 19.7 Å². The van der Waals surface area contributed by atoms with Gasteiger partial charge in [-0.05, 0) is 50.8 Å². The molecule has 0 amide bonds. The first-order valence-electron chi connectivity index (χ1n) is 10.4. The van der Waals surface area contributed by atoms with Crippen molar-refractivity contribution in [3.63, 3.8) is 0 Å². The van der Waals surface area contributed by atoms with E-state index in [4.69, 9.17) is 9.26 Å². The SMILES string of the molecule is CCCc1ccnc(Cn2c(=O)c(C)cc3cc(-c4c(C)noc4C)c(OC)cc32)n1. The number of rotatable bonds is 6. The minimum Gasteiger partial charge on any atom is -0.496 e. The van der Waals surface area contributed by atoms with Gasteiger partial charge in [0.1, 0.15) is 17.3 Å². The fraction of sp³-hybridized carbons (Fsp3) is 0.333. The largest absolute Gasteiger partial charge is 0.496 e. The zero-order chi connectivity index (χ0) is 22.1. The number of ether oxygens (including phenoxy) is 1. The zero-order valence-corrected chi connectivity index (χ0v) is 18.5. The van der Waals surface area contributed by atoms with Gasteiger partial charge in [0.2, 0.25) is 0 Å². The summed E-state index contributed by atoms with van der Waals surface area (Å²) in [6, 6.07) is 7.75. The van der Waals surface area contributed by atoms with Crippen molar-refractivity contribution < 1.29 is 9.26 Å². The van der Waals surface area contributed by atoms with E-state index in [0.717, 1.165) is 52.0 Å². The second kappa shape index (κ2) is 8.34. The lowest BCUT2D eigenvalue weighted by atomic mass is 10.00. The summed E-state index contributed by atoms with van der Waals surface area (Å²) in [6.45, 7) is 8.02. The Morgan fingerprint density at radius 3 is 2.65 bits per heavy atom. The Morgan fingerprint density at radius 1 is 1.16 bits per heavy atom. The molecule has 160 valence electrons. The second-order valence-corrected chi connectivity index (χ2v) is 7.74. The van der Waals surface area contributed by atoms with Crippen LogP contribution in [0.3, 0.4) is 0 Å². The number of pyridine rings is 1. The summed E-state index contributed by atoms with van der Waals surface area (Å²) in [4.78, 5) is 22.1. The summed E-state index contributed by atoms with van der Waals surface area (Å²) in [5.41, 5.74) is 4.93. The van der Waals surface area contributed by atoms with E-state index in [0.29, 0.717) is 23.7 Å². The molecule has 0 N–H and O–H groups in total. The maximum absolute atomic E-state index is 13.1. The van der Waals surface area contributed by atoms with Crippen LogP contribution >= 0.6 is 0 Å². The number of fused-ring (bicyclic) bond motifs is 1. The van der Waals surface area contributed by atoms with Gasteiger partial charge in [-0.25, -0.2) is 9.97 Å². The van der Waals surface area contributed by atoms with Crippen molar-refractivity contribution in [3.8, 4) is 16.9 Å². The Balaban J connectivity index is 1.91. The van der Waals surface area contributed by atoms with Crippen molar-refractivity contribution in [3.05, 3.63) is 69.4 Å². The van der Waals surface area contributed by atoms with Crippen molar-refractivity contribution in [2.75, 3.05) is 7.11 Å². The Kier molecular flexibility index (Phi) is 5.59. The third kappa shape index (κ3) is 3.83. The van der Waals surface area contributed by atoms with Gasteiger partial charge in [-0.15, -0.1) is 0 Å². The second-order valence-electron chi connectivity index (χ2n) is 7.74. The topological polar surface area (TPSA) is 83.0 Å². The standard InChI is InChI=1S/C24H26N4O3/c1-6-7-18-8-9-25-22(26-18)13-28-20-12-21(30-5)19(23-15(3)27-31-16(23)4)11-17(20)10-14(2)24(28)29/h8-12H,6-7,13H2,1-5H3. The van der Waals surface area contributed by atoms with E-state index in [9.17, 15) is 4.79 Å². The molecule has 4 aromatic rings. The third-order valence-corrected chi connectivity index (χ3v) is 5.47. The van der Waals surface area contributed by atoms with E-state index in [-0.39, 0.29) is 5.56 Å². The number of aromatic nitrogens is 4. The lowest BCUT2D eigenvalue weighted by molar-refractivity contribution is 0.393. The maximum Gasteiger partial charge on any atom is 0.254 e. The summed E-state index contributed by atoms with van der Waals surface area (Å²) in [5, 5.41) is 5.00. The first-order valence-corrected chi connectivity index (χ1v) is 10.4. The molecule has 4 rings (SSSR count). The van der Waals surface area contributed by atoms with E-state index in [1.165, 1.54) is 0 Å². The highest BCUT2D eigenvalue weighted by atomic mass is 16.5. The molecule has 1 aromatic carbocycles. The molecule has 0 aliphatic rings. The van der Waals surface area contributed by atoms with Crippen molar-refractivity contribution in [1.29, 1.82) is 0 Å². The average Bonchev–Trinajstić information content (AvgIpc) is 3.09. The quantitative estimate of drug-likeness (QED) is 0.462. The number of methoxy groups -OCH3 is 1. The van der Waals surface area contributed by atoms with Crippen LogP contribution < -0.4 is 10.3 Å². The van der Waals surface area contributed by atoms with Crippen molar-refractivity contribution in [2.24, 2.45) is 0 Å². The summed E-state index contributed by atoms with van der Waals surface area (Å²) in [5.74, 6) is 2.00. The minimum absolute atomic E-state index is 0.0656. The average molecular weight is 418 g/mol. The molecule has 7 nitrogen and oxygen atoms in total. The van der Waals surface area contributed by atoms with Gasteiger partial charge in [0.05, 0.1) is 30.4 Å². The van der Waals surface area contributed by atoms with Gasteiger partial charge in [-0.3, -0.25) is 4.79 Å². The molecule has 0 aliphatic carbocycles. The molecule has 3 heterocycles. The number of nitrogens with zero attached hydrogens (tertiary/aromatic N) is 4. The summed E-state index contributed by atoms with van der Waals surface area (Å²) in [7, 11) is 1.62. The van der Waals surface area contributed by atoms with Gasteiger partial charge >= 0.3 is 0 Å². The first kappa shape index (κ1) is 20.8. The van der Waals surface area contributed by atoms with Crippen LogP contribution in [0.5, 0.6) is 5.75 Å². The van der Waals surface area contributed by atoms with Crippen LogP contribution in [0.25, 0.3) is 22.0 Å². The van der Waals surface area contributed by atoms with E-state index in [1.54, 1.807) is 17.9 Å². The highest BCUT2D eigenvalue weighted by Crippen LogP contribution is 2.37. The van der Waals surface area contributed by atoms with Gasteiger partial charge in [0.25, 0.3) is 5.56 Å². The molecule has 0 saturated heterocycles. The van der Waals surface area contributed by atoms with Crippen LogP contribution in [0.15, 0.2) is 39.8 Å². The molecule has 0 fully saturated rings. The van der Waals surface area contributed by atoms with Crippen LogP contribution in [0.4, 0.5) is 0 Å². The Labute approximate surface area is 180 Å². The van der Waals surface area contributed by atoms with Gasteiger partial charge in [0.15, 0.2) is 0 Å². The molecule has 3 aromatic heterocycles. The molecule has 0 bridgehead atoms. The van der Waals surface area contributed by atoms with Crippen LogP contribution in [-0.2, 0) is 13.0 Å². The molecule has 0 unspecified atom stereocenters. The van der Waals surface area contributed by atoms with E-state index in [1.807, 2.05) is 45.0 Å². The molecule has 0 saturated carbocycles. The third-order valence-electron chi connectivity index (χ3n) is 5.47. The molecular weight excluding hydrogens is 392 g/mol. The zero-order valence-electron chi connectivity index (χ0n) is 18.5. The highest BCUT2D eigenvalue weighted by molar-refractivity contribution is 5.90. The minimum atomic E-state index is -0.0656.